The minimum atomic E-state index is 0.213. The fourth-order valence-electron chi connectivity index (χ4n) is 0.958. The third-order valence-corrected chi connectivity index (χ3v) is 1.44. The fourth-order valence-corrected chi connectivity index (χ4v) is 0.958. The Balaban J connectivity index is 2.53. The van der Waals surface area contributed by atoms with Crippen LogP contribution in [0.1, 0.15) is 5.69 Å². The van der Waals surface area contributed by atoms with Crippen LogP contribution < -0.4 is 5.73 Å². The first-order valence-electron chi connectivity index (χ1n) is 3.60. The van der Waals surface area contributed by atoms with E-state index < -0.39 is 0 Å². The number of nitrogens with zero attached hydrogens (tertiary/aromatic N) is 6. The Hall–Kier alpha value is -2.05. The molecule has 7 nitrogen and oxygen atoms in total. The molecule has 0 aliphatic rings. The molecule has 66 valence electrons. The van der Waals surface area contributed by atoms with E-state index in [0.29, 0.717) is 5.82 Å². The topological polar surface area (TPSA) is 95.4 Å². The van der Waals surface area contributed by atoms with Crippen LogP contribution in [0.5, 0.6) is 0 Å². The van der Waals surface area contributed by atoms with Crippen LogP contribution in [0.15, 0.2) is 12.4 Å². The molecule has 0 radical (unpaired) electrons. The number of hydrogen-bond acceptors (Lipinski definition) is 6. The van der Waals surface area contributed by atoms with Crippen molar-refractivity contribution in [2.24, 2.45) is 0 Å². The van der Waals surface area contributed by atoms with Crippen molar-refractivity contribution < 1.29 is 0 Å². The maximum atomic E-state index is 5.46. The summed E-state index contributed by atoms with van der Waals surface area (Å²) in [7, 11) is 0. The molecule has 2 rings (SSSR count). The summed E-state index contributed by atoms with van der Waals surface area (Å²) in [6.07, 6.45) is 1.45. The normalized spacial score (nSPS) is 10.2. The maximum absolute atomic E-state index is 5.46. The van der Waals surface area contributed by atoms with Crippen LogP contribution in [0.4, 0.5) is 5.95 Å². The van der Waals surface area contributed by atoms with Crippen LogP contribution in [-0.4, -0.2) is 30.2 Å². The summed E-state index contributed by atoms with van der Waals surface area (Å²) in [5.41, 5.74) is 6.24. The molecule has 0 aliphatic carbocycles. The van der Waals surface area contributed by atoms with Crippen molar-refractivity contribution in [3.05, 3.63) is 18.1 Å². The van der Waals surface area contributed by atoms with Crippen LogP contribution >= 0.6 is 0 Å². The SMILES string of the molecule is Cc1cc(-n2cnnn2)nc(N)n1. The van der Waals surface area contributed by atoms with Gasteiger partial charge >= 0.3 is 0 Å². The lowest BCUT2D eigenvalue weighted by atomic mass is 10.4. The van der Waals surface area contributed by atoms with E-state index in [2.05, 4.69) is 25.5 Å². The lowest BCUT2D eigenvalue weighted by molar-refractivity contribution is 0.767. The number of rotatable bonds is 1. The molecule has 0 unspecified atom stereocenters. The summed E-state index contributed by atoms with van der Waals surface area (Å²) in [5.74, 6) is 0.778. The minimum absolute atomic E-state index is 0.213. The van der Waals surface area contributed by atoms with Crippen LogP contribution in [-0.2, 0) is 0 Å². The largest absolute Gasteiger partial charge is 0.368 e. The van der Waals surface area contributed by atoms with Gasteiger partial charge in [0.05, 0.1) is 0 Å². The van der Waals surface area contributed by atoms with Crippen molar-refractivity contribution >= 4 is 5.95 Å². The van der Waals surface area contributed by atoms with Gasteiger partial charge in [0, 0.05) is 11.8 Å². The van der Waals surface area contributed by atoms with Crippen molar-refractivity contribution in [1.82, 2.24) is 30.2 Å². The van der Waals surface area contributed by atoms with Crippen LogP contribution in [0.2, 0.25) is 0 Å². The van der Waals surface area contributed by atoms with E-state index in [1.165, 1.54) is 11.0 Å². The van der Waals surface area contributed by atoms with E-state index in [-0.39, 0.29) is 5.95 Å². The number of nitrogen functional groups attached to an aromatic ring is 1. The molecule has 2 aromatic rings. The first kappa shape index (κ1) is 7.59. The summed E-state index contributed by atoms with van der Waals surface area (Å²) in [6.45, 7) is 1.83. The summed E-state index contributed by atoms with van der Waals surface area (Å²) in [4.78, 5) is 7.89. The van der Waals surface area contributed by atoms with Gasteiger partial charge in [0.25, 0.3) is 0 Å². The molecule has 0 amide bonds. The molecule has 0 atom stereocenters. The van der Waals surface area contributed by atoms with Gasteiger partial charge in [0.15, 0.2) is 5.82 Å². The van der Waals surface area contributed by atoms with E-state index in [9.17, 15) is 0 Å². The van der Waals surface area contributed by atoms with E-state index in [1.54, 1.807) is 6.07 Å². The standard InChI is InChI=1S/C6H7N7/c1-4-2-5(10-6(7)9-4)13-3-8-11-12-13/h2-3H,1H3,(H2,7,9,10). The molecule has 13 heavy (non-hydrogen) atoms. The molecule has 0 fully saturated rings. The highest BCUT2D eigenvalue weighted by molar-refractivity contribution is 5.29. The van der Waals surface area contributed by atoms with Gasteiger partial charge in [0.1, 0.15) is 6.33 Å². The quantitative estimate of drug-likeness (QED) is 0.621. The van der Waals surface area contributed by atoms with Gasteiger partial charge in [-0.3, -0.25) is 0 Å². The van der Waals surface area contributed by atoms with Crippen molar-refractivity contribution in [2.75, 3.05) is 5.73 Å². The van der Waals surface area contributed by atoms with Gasteiger partial charge in [-0.1, -0.05) is 0 Å². The molecule has 0 spiro atoms. The first-order chi connectivity index (χ1) is 6.25. The number of tetrazole rings is 1. The minimum Gasteiger partial charge on any atom is -0.368 e. The zero-order valence-electron chi connectivity index (χ0n) is 6.92. The predicted molar refractivity (Wildman–Crippen MR) is 43.9 cm³/mol. The molecule has 0 bridgehead atoms. The molecule has 2 N–H and O–H groups in total. The monoisotopic (exact) mass is 177 g/mol. The van der Waals surface area contributed by atoms with Gasteiger partial charge in [0.2, 0.25) is 5.95 Å². The lowest BCUT2D eigenvalue weighted by Crippen LogP contribution is -2.04. The lowest BCUT2D eigenvalue weighted by Gasteiger charge is -2.00. The zero-order chi connectivity index (χ0) is 9.26. The van der Waals surface area contributed by atoms with E-state index in [4.69, 9.17) is 5.73 Å². The molecule has 2 heterocycles. The number of anilines is 1. The average molecular weight is 177 g/mol. The van der Waals surface area contributed by atoms with E-state index >= 15 is 0 Å². The highest BCUT2D eigenvalue weighted by Gasteiger charge is 2.01. The summed E-state index contributed by atoms with van der Waals surface area (Å²) >= 11 is 0. The van der Waals surface area contributed by atoms with E-state index in [1.807, 2.05) is 6.92 Å². The van der Waals surface area contributed by atoms with Gasteiger partial charge in [-0.15, -0.1) is 5.10 Å². The smallest absolute Gasteiger partial charge is 0.222 e. The van der Waals surface area contributed by atoms with Crippen molar-refractivity contribution in [3.63, 3.8) is 0 Å². The average Bonchev–Trinajstić information content (AvgIpc) is 2.53. The number of aryl methyl sites for hydroxylation is 1. The van der Waals surface area contributed by atoms with Crippen LogP contribution in [0.3, 0.4) is 0 Å². The van der Waals surface area contributed by atoms with E-state index in [0.717, 1.165) is 5.69 Å². The zero-order valence-corrected chi connectivity index (χ0v) is 6.92. The fraction of sp³-hybridized carbons (Fsp3) is 0.167. The van der Waals surface area contributed by atoms with Gasteiger partial charge < -0.3 is 5.73 Å². The summed E-state index contributed by atoms with van der Waals surface area (Å²) in [6, 6.07) is 1.74. The maximum Gasteiger partial charge on any atom is 0.222 e. The highest BCUT2D eigenvalue weighted by Crippen LogP contribution is 2.04. The first-order valence-corrected chi connectivity index (χ1v) is 3.60. The number of nitrogens with two attached hydrogens (primary N) is 1. The van der Waals surface area contributed by atoms with Crippen LogP contribution in [0, 0.1) is 6.92 Å². The molecule has 2 aromatic heterocycles. The third-order valence-electron chi connectivity index (χ3n) is 1.44. The Bertz CT molecular complexity index is 387. The van der Waals surface area contributed by atoms with Gasteiger partial charge in [-0.05, 0) is 17.4 Å². The second kappa shape index (κ2) is 2.77. The van der Waals surface area contributed by atoms with Crippen molar-refractivity contribution in [1.29, 1.82) is 0 Å². The van der Waals surface area contributed by atoms with Crippen molar-refractivity contribution in [2.45, 2.75) is 6.92 Å². The van der Waals surface area contributed by atoms with Crippen molar-refractivity contribution in [3.8, 4) is 5.82 Å². The Morgan fingerprint density at radius 3 is 2.85 bits per heavy atom. The second-order valence-electron chi connectivity index (χ2n) is 2.48. The number of aromatic nitrogens is 6. The molecule has 0 saturated heterocycles. The highest BCUT2D eigenvalue weighted by atomic mass is 15.5. The predicted octanol–water partition coefficient (Wildman–Crippen LogP) is -0.657. The Morgan fingerprint density at radius 2 is 2.23 bits per heavy atom. The number of hydrogen-bond donors (Lipinski definition) is 1. The molecular weight excluding hydrogens is 170 g/mol. The third kappa shape index (κ3) is 1.43. The Kier molecular flexibility index (Phi) is 1.62. The van der Waals surface area contributed by atoms with Crippen LogP contribution in [0.25, 0.3) is 5.82 Å². The Morgan fingerprint density at radius 1 is 1.38 bits per heavy atom. The summed E-state index contributed by atoms with van der Waals surface area (Å²) in [5, 5.41) is 10.7. The molecular formula is C6H7N7. The van der Waals surface area contributed by atoms with Gasteiger partial charge in [-0.2, -0.15) is 9.67 Å². The Labute approximate surface area is 73.6 Å². The molecule has 0 aromatic carbocycles. The molecule has 7 heteroatoms. The molecule has 0 aliphatic heterocycles. The van der Waals surface area contributed by atoms with Gasteiger partial charge in [-0.25, -0.2) is 4.98 Å². The summed E-state index contributed by atoms with van der Waals surface area (Å²) < 4.78 is 1.42. The molecule has 0 saturated carbocycles. The second-order valence-corrected chi connectivity index (χ2v) is 2.48.